The van der Waals surface area contributed by atoms with Crippen molar-refractivity contribution in [3.63, 3.8) is 0 Å². The predicted molar refractivity (Wildman–Crippen MR) is 92.3 cm³/mol. The topological polar surface area (TPSA) is 88.5 Å². The maximum absolute atomic E-state index is 11.9. The van der Waals surface area contributed by atoms with Crippen molar-refractivity contribution in [2.45, 2.75) is 32.7 Å². The lowest BCUT2D eigenvalue weighted by Crippen LogP contribution is -2.35. The van der Waals surface area contributed by atoms with E-state index in [1.165, 1.54) is 11.3 Å². The third kappa shape index (κ3) is 5.34. The first-order valence-electron chi connectivity index (χ1n) is 7.66. The minimum Gasteiger partial charge on any atom is -0.494 e. The van der Waals surface area contributed by atoms with Crippen LogP contribution in [0.15, 0.2) is 29.6 Å². The van der Waals surface area contributed by atoms with E-state index in [4.69, 9.17) is 9.84 Å². The predicted octanol–water partition coefficient (Wildman–Crippen LogP) is 2.73. The molecule has 24 heavy (non-hydrogen) atoms. The highest BCUT2D eigenvalue weighted by Crippen LogP contribution is 2.26. The Morgan fingerprint density at radius 2 is 2.04 bits per heavy atom. The van der Waals surface area contributed by atoms with Gasteiger partial charge in [0, 0.05) is 17.0 Å². The van der Waals surface area contributed by atoms with Gasteiger partial charge in [-0.2, -0.15) is 0 Å². The van der Waals surface area contributed by atoms with Crippen molar-refractivity contribution in [3.8, 4) is 16.3 Å². The van der Waals surface area contributed by atoms with Gasteiger partial charge in [-0.05, 0) is 38.1 Å². The Kier molecular flexibility index (Phi) is 6.31. The molecule has 1 unspecified atom stereocenters. The van der Waals surface area contributed by atoms with E-state index in [0.717, 1.165) is 16.3 Å². The van der Waals surface area contributed by atoms with Crippen molar-refractivity contribution < 1.29 is 19.4 Å². The lowest BCUT2D eigenvalue weighted by Gasteiger charge is -2.10. The summed E-state index contributed by atoms with van der Waals surface area (Å²) in [5.74, 6) is -0.355. The number of carbonyl (C=O) groups is 2. The van der Waals surface area contributed by atoms with Crippen LogP contribution in [0.2, 0.25) is 0 Å². The molecule has 6 nitrogen and oxygen atoms in total. The SMILES string of the molecule is CCOc1ccc(-c2nc(CC(=O)NC(C)CC(=O)O)cs2)cc1. The second kappa shape index (κ2) is 8.44. The number of nitrogens with zero attached hydrogens (tertiary/aromatic N) is 1. The lowest BCUT2D eigenvalue weighted by atomic mass is 10.2. The number of hydrogen-bond donors (Lipinski definition) is 2. The fraction of sp³-hybridized carbons (Fsp3) is 0.353. The summed E-state index contributed by atoms with van der Waals surface area (Å²) >= 11 is 1.47. The number of rotatable bonds is 8. The Hall–Kier alpha value is -2.41. The van der Waals surface area contributed by atoms with E-state index in [1.807, 2.05) is 36.6 Å². The number of ether oxygens (including phenoxy) is 1. The van der Waals surface area contributed by atoms with E-state index < -0.39 is 12.0 Å². The highest BCUT2D eigenvalue weighted by atomic mass is 32.1. The maximum atomic E-state index is 11.9. The smallest absolute Gasteiger partial charge is 0.305 e. The van der Waals surface area contributed by atoms with Crippen LogP contribution in [0.25, 0.3) is 10.6 Å². The van der Waals surface area contributed by atoms with Crippen LogP contribution in [0.1, 0.15) is 26.0 Å². The fourth-order valence-corrected chi connectivity index (χ4v) is 3.01. The number of aromatic nitrogens is 1. The average Bonchev–Trinajstić information content (AvgIpc) is 2.95. The number of benzene rings is 1. The largest absolute Gasteiger partial charge is 0.494 e. The summed E-state index contributed by atoms with van der Waals surface area (Å²) in [7, 11) is 0. The number of carbonyl (C=O) groups excluding carboxylic acids is 1. The van der Waals surface area contributed by atoms with Gasteiger partial charge >= 0.3 is 5.97 Å². The van der Waals surface area contributed by atoms with Crippen LogP contribution in [-0.2, 0) is 16.0 Å². The van der Waals surface area contributed by atoms with Crippen molar-refractivity contribution in [1.29, 1.82) is 0 Å². The first-order chi connectivity index (χ1) is 11.5. The molecule has 0 aliphatic rings. The second-order valence-corrected chi connectivity index (χ2v) is 6.20. The Morgan fingerprint density at radius 1 is 1.33 bits per heavy atom. The number of aliphatic carboxylic acids is 1. The molecule has 0 spiro atoms. The molecule has 0 radical (unpaired) electrons. The minimum atomic E-state index is -0.936. The van der Waals surface area contributed by atoms with Gasteiger partial charge in [-0.15, -0.1) is 11.3 Å². The van der Waals surface area contributed by atoms with Gasteiger partial charge in [-0.3, -0.25) is 9.59 Å². The quantitative estimate of drug-likeness (QED) is 0.766. The summed E-state index contributed by atoms with van der Waals surface area (Å²) in [6, 6.07) is 7.24. The van der Waals surface area contributed by atoms with E-state index in [-0.39, 0.29) is 18.7 Å². The van der Waals surface area contributed by atoms with Crippen molar-refractivity contribution in [2.75, 3.05) is 6.61 Å². The first kappa shape index (κ1) is 17.9. The molecular weight excluding hydrogens is 328 g/mol. The van der Waals surface area contributed by atoms with Gasteiger partial charge in [0.25, 0.3) is 0 Å². The molecule has 0 saturated heterocycles. The molecule has 1 heterocycles. The van der Waals surface area contributed by atoms with Crippen molar-refractivity contribution >= 4 is 23.2 Å². The zero-order valence-electron chi connectivity index (χ0n) is 13.6. The van der Waals surface area contributed by atoms with E-state index in [9.17, 15) is 9.59 Å². The average molecular weight is 348 g/mol. The Balaban J connectivity index is 1.95. The normalized spacial score (nSPS) is 11.8. The second-order valence-electron chi connectivity index (χ2n) is 5.34. The van der Waals surface area contributed by atoms with Crippen LogP contribution in [-0.4, -0.2) is 34.6 Å². The van der Waals surface area contributed by atoms with E-state index in [2.05, 4.69) is 10.3 Å². The standard InChI is InChI=1S/C17H20N2O4S/c1-3-23-14-6-4-12(5-7-14)17-19-13(10-24-17)9-15(20)18-11(2)8-16(21)22/h4-7,10-11H,3,8-9H2,1-2H3,(H,18,20)(H,21,22). The molecule has 0 aliphatic heterocycles. The van der Waals surface area contributed by atoms with Crippen LogP contribution in [0.5, 0.6) is 5.75 Å². The Morgan fingerprint density at radius 3 is 2.67 bits per heavy atom. The molecule has 1 atom stereocenters. The third-order valence-electron chi connectivity index (χ3n) is 3.19. The van der Waals surface area contributed by atoms with Gasteiger partial charge in [0.15, 0.2) is 0 Å². The number of nitrogens with one attached hydrogen (secondary N) is 1. The minimum absolute atomic E-state index is 0.0970. The zero-order valence-corrected chi connectivity index (χ0v) is 14.4. The van der Waals surface area contributed by atoms with Crippen LogP contribution in [0.3, 0.4) is 0 Å². The summed E-state index contributed by atoms with van der Waals surface area (Å²) < 4.78 is 5.41. The summed E-state index contributed by atoms with van der Waals surface area (Å²) in [5, 5.41) is 14.0. The van der Waals surface area contributed by atoms with Gasteiger partial charge in [-0.25, -0.2) is 4.98 Å². The molecule has 7 heteroatoms. The van der Waals surface area contributed by atoms with E-state index in [1.54, 1.807) is 6.92 Å². The number of carboxylic acids is 1. The van der Waals surface area contributed by atoms with Crippen molar-refractivity contribution in [3.05, 3.63) is 35.3 Å². The Bertz CT molecular complexity index is 697. The van der Waals surface area contributed by atoms with Crippen LogP contribution < -0.4 is 10.1 Å². The molecule has 2 N–H and O–H groups in total. The Labute approximate surface area is 144 Å². The molecule has 1 aromatic carbocycles. The number of amides is 1. The van der Waals surface area contributed by atoms with Gasteiger partial charge in [0.2, 0.25) is 5.91 Å². The summed E-state index contributed by atoms with van der Waals surface area (Å²) in [6.07, 6.45) is 0.0394. The molecule has 0 aliphatic carbocycles. The lowest BCUT2D eigenvalue weighted by molar-refractivity contribution is -0.137. The highest BCUT2D eigenvalue weighted by molar-refractivity contribution is 7.13. The number of carboxylic acid groups (broad SMARTS) is 1. The van der Waals surface area contributed by atoms with Gasteiger partial charge in [-0.1, -0.05) is 0 Å². The highest BCUT2D eigenvalue weighted by Gasteiger charge is 2.13. The summed E-state index contributed by atoms with van der Waals surface area (Å²) in [6.45, 7) is 4.22. The van der Waals surface area contributed by atoms with E-state index >= 15 is 0 Å². The molecule has 2 rings (SSSR count). The first-order valence-corrected chi connectivity index (χ1v) is 8.54. The van der Waals surface area contributed by atoms with Gasteiger partial charge in [0.05, 0.1) is 25.1 Å². The molecule has 0 saturated carbocycles. The van der Waals surface area contributed by atoms with Gasteiger partial charge in [0.1, 0.15) is 10.8 Å². The summed E-state index contributed by atoms with van der Waals surface area (Å²) in [4.78, 5) is 27.0. The molecule has 128 valence electrons. The third-order valence-corrected chi connectivity index (χ3v) is 4.13. The molecule has 2 aromatic rings. The monoisotopic (exact) mass is 348 g/mol. The number of thiazole rings is 1. The van der Waals surface area contributed by atoms with Crippen molar-refractivity contribution in [2.24, 2.45) is 0 Å². The summed E-state index contributed by atoms with van der Waals surface area (Å²) in [5.41, 5.74) is 1.64. The molecule has 0 bridgehead atoms. The van der Waals surface area contributed by atoms with Crippen LogP contribution in [0.4, 0.5) is 0 Å². The molecule has 1 amide bonds. The van der Waals surface area contributed by atoms with E-state index in [0.29, 0.717) is 12.3 Å². The van der Waals surface area contributed by atoms with Gasteiger partial charge < -0.3 is 15.2 Å². The molecular formula is C17H20N2O4S. The van der Waals surface area contributed by atoms with Crippen LogP contribution >= 0.6 is 11.3 Å². The molecule has 1 aromatic heterocycles. The maximum Gasteiger partial charge on any atom is 0.305 e. The van der Waals surface area contributed by atoms with Crippen molar-refractivity contribution in [1.82, 2.24) is 10.3 Å². The number of hydrogen-bond acceptors (Lipinski definition) is 5. The molecule has 0 fully saturated rings. The zero-order chi connectivity index (χ0) is 17.5. The van der Waals surface area contributed by atoms with Crippen LogP contribution in [0, 0.1) is 0 Å². The fourth-order valence-electron chi connectivity index (χ4n) is 2.18.